The summed E-state index contributed by atoms with van der Waals surface area (Å²) in [5.41, 5.74) is 4.57. The molecule has 0 aromatic carbocycles. The van der Waals surface area contributed by atoms with Gasteiger partial charge in [-0.05, 0) is 69.6 Å². The van der Waals surface area contributed by atoms with Gasteiger partial charge in [0.2, 0.25) is 0 Å². The molecule has 30 heavy (non-hydrogen) atoms. The van der Waals surface area contributed by atoms with Crippen molar-refractivity contribution in [3.63, 3.8) is 0 Å². The van der Waals surface area contributed by atoms with Crippen LogP contribution in [0.3, 0.4) is 0 Å². The maximum atomic E-state index is 6.59. The SMILES string of the molecule is CC1=C(c2cnc(-c3cccnc3)s2)OC2=C(C1)C(=NOC(C)C)CCC1CC1C2. The van der Waals surface area contributed by atoms with Crippen molar-refractivity contribution in [1.82, 2.24) is 9.97 Å². The fraction of sp³-hybridized carbons (Fsp3) is 0.458. The molecule has 1 aliphatic heterocycles. The predicted molar refractivity (Wildman–Crippen MR) is 120 cm³/mol. The Labute approximate surface area is 181 Å². The minimum Gasteiger partial charge on any atom is -0.460 e. The van der Waals surface area contributed by atoms with Crippen LogP contribution in [0.5, 0.6) is 0 Å². The van der Waals surface area contributed by atoms with E-state index in [2.05, 4.69) is 22.0 Å². The van der Waals surface area contributed by atoms with Gasteiger partial charge in [0.05, 0.1) is 10.6 Å². The quantitative estimate of drug-likeness (QED) is 0.551. The molecule has 5 nitrogen and oxygen atoms in total. The van der Waals surface area contributed by atoms with Crippen LogP contribution in [0.1, 0.15) is 57.8 Å². The van der Waals surface area contributed by atoms with Crippen LogP contribution in [0.15, 0.2) is 52.8 Å². The summed E-state index contributed by atoms with van der Waals surface area (Å²) in [6, 6.07) is 3.98. The summed E-state index contributed by atoms with van der Waals surface area (Å²) in [5.74, 6) is 3.62. The lowest BCUT2D eigenvalue weighted by atomic mass is 9.90. The molecule has 0 spiro atoms. The van der Waals surface area contributed by atoms with E-state index in [0.29, 0.717) is 0 Å². The van der Waals surface area contributed by atoms with Gasteiger partial charge in [-0.15, -0.1) is 11.3 Å². The summed E-state index contributed by atoms with van der Waals surface area (Å²) < 4.78 is 6.59. The topological polar surface area (TPSA) is 56.6 Å². The Morgan fingerprint density at radius 2 is 2.17 bits per heavy atom. The van der Waals surface area contributed by atoms with E-state index in [0.717, 1.165) is 63.8 Å². The van der Waals surface area contributed by atoms with Crippen LogP contribution in [-0.2, 0) is 9.57 Å². The number of aromatic nitrogens is 2. The van der Waals surface area contributed by atoms with Crippen molar-refractivity contribution < 1.29 is 9.57 Å². The molecule has 5 rings (SSSR count). The van der Waals surface area contributed by atoms with E-state index in [4.69, 9.17) is 9.57 Å². The number of nitrogens with zero attached hydrogens (tertiary/aromatic N) is 3. The third-order valence-electron chi connectivity index (χ3n) is 6.02. The Kier molecular flexibility index (Phi) is 5.19. The molecule has 3 aliphatic rings. The summed E-state index contributed by atoms with van der Waals surface area (Å²) in [6.07, 6.45) is 11.0. The molecule has 2 aromatic heterocycles. The summed E-state index contributed by atoms with van der Waals surface area (Å²) in [4.78, 5) is 15.6. The molecule has 0 amide bonds. The number of hydrogen-bond donors (Lipinski definition) is 0. The van der Waals surface area contributed by atoms with Crippen molar-refractivity contribution in [2.75, 3.05) is 0 Å². The number of hydrogen-bond acceptors (Lipinski definition) is 6. The van der Waals surface area contributed by atoms with Crippen LogP contribution in [0.4, 0.5) is 0 Å². The van der Waals surface area contributed by atoms with Gasteiger partial charge in [0.1, 0.15) is 22.6 Å². The molecule has 1 fully saturated rings. The summed E-state index contributed by atoms with van der Waals surface area (Å²) in [7, 11) is 0. The number of pyridine rings is 1. The lowest BCUT2D eigenvalue weighted by molar-refractivity contribution is 0.0853. The Balaban J connectivity index is 1.45. The van der Waals surface area contributed by atoms with Crippen molar-refractivity contribution in [3.05, 3.63) is 52.5 Å². The van der Waals surface area contributed by atoms with Gasteiger partial charge in [-0.25, -0.2) is 4.98 Å². The van der Waals surface area contributed by atoms with Crippen molar-refractivity contribution in [2.24, 2.45) is 17.0 Å². The maximum absolute atomic E-state index is 6.59. The molecule has 2 aliphatic carbocycles. The Hall–Kier alpha value is -2.47. The molecule has 0 bridgehead atoms. The lowest BCUT2D eigenvalue weighted by Gasteiger charge is -2.26. The van der Waals surface area contributed by atoms with Crippen LogP contribution in [0.25, 0.3) is 16.3 Å². The Morgan fingerprint density at radius 1 is 1.27 bits per heavy atom. The van der Waals surface area contributed by atoms with Crippen LogP contribution in [0.2, 0.25) is 0 Å². The number of fused-ring (bicyclic) bond motifs is 1. The van der Waals surface area contributed by atoms with Crippen LogP contribution in [-0.4, -0.2) is 21.8 Å². The van der Waals surface area contributed by atoms with E-state index in [9.17, 15) is 0 Å². The number of rotatable bonds is 4. The van der Waals surface area contributed by atoms with Crippen molar-refractivity contribution in [3.8, 4) is 10.6 Å². The van der Waals surface area contributed by atoms with Gasteiger partial charge < -0.3 is 9.57 Å². The molecule has 0 radical (unpaired) electrons. The van der Waals surface area contributed by atoms with Gasteiger partial charge in [0.15, 0.2) is 0 Å². The molecule has 6 heteroatoms. The first-order valence-electron chi connectivity index (χ1n) is 10.8. The van der Waals surface area contributed by atoms with Crippen LogP contribution >= 0.6 is 11.3 Å². The van der Waals surface area contributed by atoms with Crippen molar-refractivity contribution in [2.45, 2.75) is 59.0 Å². The van der Waals surface area contributed by atoms with E-state index < -0.39 is 0 Å². The van der Waals surface area contributed by atoms with E-state index >= 15 is 0 Å². The lowest BCUT2D eigenvalue weighted by Crippen LogP contribution is -2.17. The first kappa shape index (κ1) is 19.5. The normalized spacial score (nSPS) is 24.9. The molecule has 2 unspecified atom stereocenters. The number of allylic oxidation sites excluding steroid dienone is 3. The Morgan fingerprint density at radius 3 is 2.97 bits per heavy atom. The van der Waals surface area contributed by atoms with Crippen molar-refractivity contribution >= 4 is 22.8 Å². The first-order valence-corrected chi connectivity index (χ1v) is 11.6. The van der Waals surface area contributed by atoms with Crippen LogP contribution in [0, 0.1) is 11.8 Å². The molecule has 2 aromatic rings. The molecule has 3 heterocycles. The highest BCUT2D eigenvalue weighted by Crippen LogP contribution is 2.51. The molecular formula is C24H27N3O2S. The Bertz CT molecular complexity index is 1040. The average Bonchev–Trinajstić information content (AvgIpc) is 3.27. The van der Waals surface area contributed by atoms with E-state index in [1.165, 1.54) is 24.0 Å². The van der Waals surface area contributed by atoms with E-state index in [1.807, 2.05) is 38.4 Å². The summed E-state index contributed by atoms with van der Waals surface area (Å²) in [5, 5.41) is 5.50. The molecule has 0 saturated heterocycles. The predicted octanol–water partition coefficient (Wildman–Crippen LogP) is 6.21. The second kappa shape index (κ2) is 7.99. The minimum atomic E-state index is 0.0838. The van der Waals surface area contributed by atoms with Gasteiger partial charge in [0, 0.05) is 42.6 Å². The summed E-state index contributed by atoms with van der Waals surface area (Å²) in [6.45, 7) is 6.19. The van der Waals surface area contributed by atoms with E-state index in [1.54, 1.807) is 17.5 Å². The van der Waals surface area contributed by atoms with Crippen LogP contribution < -0.4 is 0 Å². The highest BCUT2D eigenvalue weighted by Gasteiger charge is 2.41. The third-order valence-corrected chi connectivity index (χ3v) is 7.07. The highest BCUT2D eigenvalue weighted by atomic mass is 32.1. The minimum absolute atomic E-state index is 0.0838. The number of oxime groups is 1. The van der Waals surface area contributed by atoms with Gasteiger partial charge in [0.25, 0.3) is 0 Å². The standard InChI is InChI=1S/C24H27N3O2S/c1-14(2)29-27-20-7-6-16-10-18(16)11-21-19(20)9-15(3)23(28-21)22-13-26-24(30-22)17-5-4-8-25-12-17/h4-5,8,12-14,16,18H,6-7,9-11H2,1-3H3. The maximum Gasteiger partial charge on any atom is 0.145 e. The molecular weight excluding hydrogens is 394 g/mol. The van der Waals surface area contributed by atoms with Gasteiger partial charge in [-0.3, -0.25) is 4.98 Å². The second-order valence-corrected chi connectivity index (χ2v) is 9.78. The fourth-order valence-corrected chi connectivity index (χ4v) is 5.27. The molecule has 156 valence electrons. The number of ether oxygens (including phenoxy) is 1. The third kappa shape index (κ3) is 3.93. The smallest absolute Gasteiger partial charge is 0.145 e. The van der Waals surface area contributed by atoms with Gasteiger partial charge in [-0.2, -0.15) is 0 Å². The van der Waals surface area contributed by atoms with Gasteiger partial charge in [-0.1, -0.05) is 5.16 Å². The van der Waals surface area contributed by atoms with Gasteiger partial charge >= 0.3 is 0 Å². The first-order chi connectivity index (χ1) is 14.6. The second-order valence-electron chi connectivity index (χ2n) is 8.75. The zero-order chi connectivity index (χ0) is 20.7. The molecule has 1 saturated carbocycles. The summed E-state index contributed by atoms with van der Waals surface area (Å²) >= 11 is 1.66. The number of thiazole rings is 1. The zero-order valence-electron chi connectivity index (χ0n) is 17.7. The van der Waals surface area contributed by atoms with E-state index in [-0.39, 0.29) is 6.10 Å². The molecule has 0 N–H and O–H groups in total. The average molecular weight is 422 g/mol. The fourth-order valence-electron chi connectivity index (χ4n) is 4.30. The zero-order valence-corrected chi connectivity index (χ0v) is 18.5. The molecule has 2 atom stereocenters. The highest BCUT2D eigenvalue weighted by molar-refractivity contribution is 7.16. The largest absolute Gasteiger partial charge is 0.460 e. The van der Waals surface area contributed by atoms with Crippen molar-refractivity contribution in [1.29, 1.82) is 0 Å². The monoisotopic (exact) mass is 421 g/mol.